The Balaban J connectivity index is 2.17. The lowest BCUT2D eigenvalue weighted by molar-refractivity contribution is 0.877. The molecule has 0 atom stereocenters. The van der Waals surface area contributed by atoms with E-state index >= 15 is 0 Å². The van der Waals surface area contributed by atoms with E-state index in [0.29, 0.717) is 5.56 Å². The molecule has 1 aromatic carbocycles. The Bertz CT molecular complexity index is 713. The summed E-state index contributed by atoms with van der Waals surface area (Å²) >= 11 is 1.51. The van der Waals surface area contributed by atoms with Crippen LogP contribution in [0.1, 0.15) is 24.0 Å². The van der Waals surface area contributed by atoms with E-state index < -0.39 is 0 Å². The Morgan fingerprint density at radius 2 is 1.82 bits per heavy atom. The third-order valence-corrected chi connectivity index (χ3v) is 4.44. The van der Waals surface area contributed by atoms with E-state index in [1.807, 2.05) is 30.5 Å². The van der Waals surface area contributed by atoms with Crippen LogP contribution in [0.4, 0.5) is 5.82 Å². The molecule has 5 heteroatoms. The van der Waals surface area contributed by atoms with E-state index in [0.717, 1.165) is 48.2 Å². The first-order chi connectivity index (χ1) is 10.7. The summed E-state index contributed by atoms with van der Waals surface area (Å²) < 4.78 is 0. The molecule has 1 aliphatic rings. The molecule has 1 aromatic heterocycles. The zero-order valence-electron chi connectivity index (χ0n) is 12.8. The lowest BCUT2D eigenvalue weighted by Gasteiger charge is -2.19. The van der Waals surface area contributed by atoms with Gasteiger partial charge in [-0.2, -0.15) is 5.26 Å². The first-order valence-corrected chi connectivity index (χ1v) is 8.63. The zero-order chi connectivity index (χ0) is 15.5. The summed E-state index contributed by atoms with van der Waals surface area (Å²) in [6.07, 6.45) is 4.28. The number of hydrogen-bond acceptors (Lipinski definition) is 5. The fourth-order valence-corrected chi connectivity index (χ4v) is 3.06. The summed E-state index contributed by atoms with van der Waals surface area (Å²) in [7, 11) is 0. The van der Waals surface area contributed by atoms with E-state index in [1.165, 1.54) is 17.3 Å². The number of rotatable bonds is 3. The van der Waals surface area contributed by atoms with Crippen molar-refractivity contribution in [3.8, 4) is 17.3 Å². The van der Waals surface area contributed by atoms with Crippen LogP contribution in [0.25, 0.3) is 11.3 Å². The largest absolute Gasteiger partial charge is 0.355 e. The molecule has 0 aliphatic carbocycles. The van der Waals surface area contributed by atoms with Crippen LogP contribution >= 0.6 is 11.8 Å². The Morgan fingerprint density at radius 3 is 2.41 bits per heavy atom. The maximum absolute atomic E-state index is 9.68. The number of aromatic nitrogens is 2. The quantitative estimate of drug-likeness (QED) is 0.640. The average molecular weight is 310 g/mol. The van der Waals surface area contributed by atoms with Crippen molar-refractivity contribution in [2.45, 2.75) is 24.9 Å². The molecule has 1 saturated heterocycles. The maximum Gasteiger partial charge on any atom is 0.189 e. The van der Waals surface area contributed by atoms with Gasteiger partial charge < -0.3 is 4.90 Å². The number of nitriles is 1. The van der Waals surface area contributed by atoms with Crippen LogP contribution in [0.2, 0.25) is 0 Å². The summed E-state index contributed by atoms with van der Waals surface area (Å²) in [5.74, 6) is 0.787. The second-order valence-corrected chi connectivity index (χ2v) is 6.20. The molecule has 0 spiro atoms. The molecule has 0 radical (unpaired) electrons. The average Bonchev–Trinajstić information content (AvgIpc) is 3.08. The summed E-state index contributed by atoms with van der Waals surface area (Å²) in [6.45, 7) is 3.98. The van der Waals surface area contributed by atoms with Crippen molar-refractivity contribution < 1.29 is 0 Å². The van der Waals surface area contributed by atoms with Crippen LogP contribution in [-0.2, 0) is 0 Å². The molecule has 112 valence electrons. The van der Waals surface area contributed by atoms with Gasteiger partial charge in [0.1, 0.15) is 11.6 Å². The second-order valence-electron chi connectivity index (χ2n) is 5.43. The van der Waals surface area contributed by atoms with E-state index in [2.05, 4.69) is 27.9 Å². The molecule has 0 saturated carbocycles. The summed E-state index contributed by atoms with van der Waals surface area (Å²) in [6, 6.07) is 10.5. The van der Waals surface area contributed by atoms with Crippen LogP contribution in [0, 0.1) is 18.3 Å². The highest BCUT2D eigenvalue weighted by molar-refractivity contribution is 7.98. The van der Waals surface area contributed by atoms with Crippen LogP contribution in [0.3, 0.4) is 0 Å². The number of nitrogens with zero attached hydrogens (tertiary/aromatic N) is 4. The lowest BCUT2D eigenvalue weighted by Crippen LogP contribution is -2.21. The Kier molecular flexibility index (Phi) is 4.30. The molecule has 2 aromatic rings. The number of aryl methyl sites for hydroxylation is 1. The van der Waals surface area contributed by atoms with Crippen molar-refractivity contribution in [1.29, 1.82) is 5.26 Å². The zero-order valence-corrected chi connectivity index (χ0v) is 13.7. The van der Waals surface area contributed by atoms with Gasteiger partial charge >= 0.3 is 0 Å². The molecule has 0 amide bonds. The highest BCUT2D eigenvalue weighted by Crippen LogP contribution is 2.31. The smallest absolute Gasteiger partial charge is 0.189 e. The first kappa shape index (κ1) is 14.9. The van der Waals surface area contributed by atoms with Gasteiger partial charge in [-0.25, -0.2) is 9.97 Å². The SMILES string of the molecule is CSc1nc(-c2ccc(C)cc2)c(C#N)c(N2CCCC2)n1. The second kappa shape index (κ2) is 6.37. The molecule has 22 heavy (non-hydrogen) atoms. The number of hydrogen-bond donors (Lipinski definition) is 0. The molecule has 2 heterocycles. The molecule has 4 nitrogen and oxygen atoms in total. The predicted molar refractivity (Wildman–Crippen MR) is 90.1 cm³/mol. The monoisotopic (exact) mass is 310 g/mol. The Labute approximate surface area is 135 Å². The van der Waals surface area contributed by atoms with E-state index in [-0.39, 0.29) is 0 Å². The minimum atomic E-state index is 0.587. The van der Waals surface area contributed by atoms with Gasteiger partial charge in [-0.05, 0) is 26.0 Å². The summed E-state index contributed by atoms with van der Waals surface area (Å²) in [5, 5.41) is 10.4. The lowest BCUT2D eigenvalue weighted by atomic mass is 10.1. The Hall–Kier alpha value is -2.06. The third-order valence-electron chi connectivity index (χ3n) is 3.89. The van der Waals surface area contributed by atoms with Crippen LogP contribution in [0.15, 0.2) is 29.4 Å². The van der Waals surface area contributed by atoms with E-state index in [1.54, 1.807) is 0 Å². The number of anilines is 1. The van der Waals surface area contributed by atoms with Gasteiger partial charge in [-0.1, -0.05) is 41.6 Å². The normalized spacial score (nSPS) is 14.1. The van der Waals surface area contributed by atoms with Gasteiger partial charge in [0, 0.05) is 18.7 Å². The topological polar surface area (TPSA) is 52.8 Å². The molecule has 3 rings (SSSR count). The van der Waals surface area contributed by atoms with Crippen molar-refractivity contribution in [2.75, 3.05) is 24.2 Å². The molecule has 1 aliphatic heterocycles. The van der Waals surface area contributed by atoms with Crippen molar-refractivity contribution in [3.05, 3.63) is 35.4 Å². The van der Waals surface area contributed by atoms with Gasteiger partial charge in [0.05, 0.1) is 5.69 Å². The molecule has 0 bridgehead atoms. The molecule has 0 N–H and O–H groups in total. The predicted octanol–water partition coefficient (Wildman–Crippen LogP) is 3.65. The third kappa shape index (κ3) is 2.79. The van der Waals surface area contributed by atoms with Gasteiger partial charge in [-0.15, -0.1) is 0 Å². The minimum absolute atomic E-state index is 0.587. The summed E-state index contributed by atoms with van der Waals surface area (Å²) in [5.41, 5.74) is 3.49. The number of thioether (sulfide) groups is 1. The van der Waals surface area contributed by atoms with Gasteiger partial charge in [-0.3, -0.25) is 0 Å². The van der Waals surface area contributed by atoms with E-state index in [4.69, 9.17) is 0 Å². The van der Waals surface area contributed by atoms with Gasteiger partial charge in [0.2, 0.25) is 0 Å². The molecule has 0 unspecified atom stereocenters. The fourth-order valence-electron chi connectivity index (χ4n) is 2.70. The highest BCUT2D eigenvalue weighted by Gasteiger charge is 2.22. The van der Waals surface area contributed by atoms with Crippen molar-refractivity contribution in [3.63, 3.8) is 0 Å². The van der Waals surface area contributed by atoms with Crippen molar-refractivity contribution in [1.82, 2.24) is 9.97 Å². The highest BCUT2D eigenvalue weighted by atomic mass is 32.2. The minimum Gasteiger partial charge on any atom is -0.355 e. The number of benzene rings is 1. The van der Waals surface area contributed by atoms with Gasteiger partial charge in [0.15, 0.2) is 11.0 Å². The fraction of sp³-hybridized carbons (Fsp3) is 0.353. The standard InChI is InChI=1S/C17H18N4S/c1-12-5-7-13(8-6-12)15-14(11-18)16(20-17(19-15)22-2)21-9-3-4-10-21/h5-8H,3-4,9-10H2,1-2H3. The van der Waals surface area contributed by atoms with E-state index in [9.17, 15) is 5.26 Å². The molecule has 1 fully saturated rings. The van der Waals surface area contributed by atoms with Crippen LogP contribution < -0.4 is 4.90 Å². The van der Waals surface area contributed by atoms with Crippen LogP contribution in [-0.4, -0.2) is 29.3 Å². The summed E-state index contributed by atoms with van der Waals surface area (Å²) in [4.78, 5) is 11.4. The molecular formula is C17H18N4S. The van der Waals surface area contributed by atoms with Gasteiger partial charge in [0.25, 0.3) is 0 Å². The van der Waals surface area contributed by atoms with Crippen LogP contribution in [0.5, 0.6) is 0 Å². The van der Waals surface area contributed by atoms with Crippen molar-refractivity contribution in [2.24, 2.45) is 0 Å². The van der Waals surface area contributed by atoms with Crippen molar-refractivity contribution >= 4 is 17.6 Å². The maximum atomic E-state index is 9.68. The first-order valence-electron chi connectivity index (χ1n) is 7.41. The Morgan fingerprint density at radius 1 is 1.14 bits per heavy atom. The molecular weight excluding hydrogens is 292 g/mol.